The largest absolute Gasteiger partial charge is 0.417 e. The number of carbonyl (C=O) groups is 1. The van der Waals surface area contributed by atoms with Crippen molar-refractivity contribution in [1.82, 2.24) is 9.78 Å². The molecule has 3 aromatic rings. The first-order valence-corrected chi connectivity index (χ1v) is 8.50. The highest BCUT2D eigenvalue weighted by atomic mass is 35.5. The van der Waals surface area contributed by atoms with Crippen molar-refractivity contribution in [3.63, 3.8) is 0 Å². The summed E-state index contributed by atoms with van der Waals surface area (Å²) < 4.78 is 41.0. The van der Waals surface area contributed by atoms with Gasteiger partial charge in [0.2, 0.25) is 0 Å². The van der Waals surface area contributed by atoms with E-state index in [-0.39, 0.29) is 5.82 Å². The van der Waals surface area contributed by atoms with Gasteiger partial charge in [0, 0.05) is 16.8 Å². The Labute approximate surface area is 158 Å². The standard InChI is InChI=1S/C19H15ClF3N3O/c1-2-13-11-17(25-26(13)14-9-7-12(20)8-10-14)24-18(27)15-5-3-4-6-16(15)19(21,22)23/h3-11H,2H2,1H3,(H,24,25,27). The monoisotopic (exact) mass is 393 g/mol. The highest BCUT2D eigenvalue weighted by molar-refractivity contribution is 6.30. The van der Waals surface area contributed by atoms with Crippen LogP contribution in [0.2, 0.25) is 5.02 Å². The zero-order valence-corrected chi connectivity index (χ0v) is 15.0. The van der Waals surface area contributed by atoms with Crippen LogP contribution in [0.4, 0.5) is 19.0 Å². The summed E-state index contributed by atoms with van der Waals surface area (Å²) in [5, 5.41) is 7.32. The van der Waals surface area contributed by atoms with Gasteiger partial charge in [-0.25, -0.2) is 4.68 Å². The van der Waals surface area contributed by atoms with Crippen molar-refractivity contribution in [1.29, 1.82) is 0 Å². The number of carbonyl (C=O) groups excluding carboxylic acids is 1. The Balaban J connectivity index is 1.91. The van der Waals surface area contributed by atoms with Gasteiger partial charge in [-0.05, 0) is 42.8 Å². The van der Waals surface area contributed by atoms with E-state index < -0.39 is 23.2 Å². The maximum Gasteiger partial charge on any atom is 0.417 e. The molecule has 0 aliphatic heterocycles. The number of anilines is 1. The van der Waals surface area contributed by atoms with Crippen LogP contribution in [0.1, 0.15) is 28.5 Å². The van der Waals surface area contributed by atoms with Crippen molar-refractivity contribution in [3.8, 4) is 5.69 Å². The summed E-state index contributed by atoms with van der Waals surface area (Å²) in [6, 6.07) is 13.2. The molecule has 1 heterocycles. The molecule has 0 fully saturated rings. The van der Waals surface area contributed by atoms with Crippen molar-refractivity contribution in [2.75, 3.05) is 5.32 Å². The maximum atomic E-state index is 13.1. The summed E-state index contributed by atoms with van der Waals surface area (Å²) in [6.07, 6.45) is -4.00. The Morgan fingerprint density at radius 1 is 1.15 bits per heavy atom. The van der Waals surface area contributed by atoms with Crippen molar-refractivity contribution < 1.29 is 18.0 Å². The molecule has 0 aliphatic rings. The number of amides is 1. The Bertz CT molecular complexity index is 965. The number of hydrogen-bond donors (Lipinski definition) is 1. The van der Waals surface area contributed by atoms with E-state index in [4.69, 9.17) is 11.6 Å². The summed E-state index contributed by atoms with van der Waals surface area (Å²) >= 11 is 5.89. The minimum absolute atomic E-state index is 0.170. The number of aryl methyl sites for hydroxylation is 1. The smallest absolute Gasteiger partial charge is 0.305 e. The lowest BCUT2D eigenvalue weighted by atomic mass is 10.1. The molecular weight excluding hydrogens is 379 g/mol. The van der Waals surface area contributed by atoms with Gasteiger partial charge >= 0.3 is 6.18 Å². The topological polar surface area (TPSA) is 46.9 Å². The van der Waals surface area contributed by atoms with Crippen LogP contribution in [0.5, 0.6) is 0 Å². The molecule has 0 bridgehead atoms. The molecule has 0 saturated heterocycles. The van der Waals surface area contributed by atoms with Gasteiger partial charge in [-0.2, -0.15) is 13.2 Å². The Morgan fingerprint density at radius 2 is 1.81 bits per heavy atom. The number of rotatable bonds is 4. The van der Waals surface area contributed by atoms with Crippen molar-refractivity contribution in [2.45, 2.75) is 19.5 Å². The highest BCUT2D eigenvalue weighted by Gasteiger charge is 2.35. The molecule has 0 radical (unpaired) electrons. The lowest BCUT2D eigenvalue weighted by Crippen LogP contribution is -2.19. The highest BCUT2D eigenvalue weighted by Crippen LogP contribution is 2.32. The zero-order valence-electron chi connectivity index (χ0n) is 14.2. The van der Waals surface area contributed by atoms with Gasteiger partial charge in [0.25, 0.3) is 5.91 Å². The normalized spacial score (nSPS) is 11.4. The summed E-state index contributed by atoms with van der Waals surface area (Å²) in [5.74, 6) is -0.699. The molecule has 0 unspecified atom stereocenters. The maximum absolute atomic E-state index is 13.1. The second kappa shape index (κ2) is 7.44. The van der Waals surface area contributed by atoms with Gasteiger partial charge in [-0.1, -0.05) is 30.7 Å². The summed E-state index contributed by atoms with van der Waals surface area (Å²) in [6.45, 7) is 1.91. The third-order valence-corrected chi connectivity index (χ3v) is 4.19. The van der Waals surface area contributed by atoms with Crippen LogP contribution in [0.15, 0.2) is 54.6 Å². The van der Waals surface area contributed by atoms with E-state index in [1.54, 1.807) is 35.0 Å². The van der Waals surface area contributed by atoms with Crippen LogP contribution in [0, 0.1) is 0 Å². The average Bonchev–Trinajstić information content (AvgIpc) is 3.04. The Kier molecular flexibility index (Phi) is 5.23. The SMILES string of the molecule is CCc1cc(NC(=O)c2ccccc2C(F)(F)F)nn1-c1ccc(Cl)cc1. The van der Waals surface area contributed by atoms with Gasteiger partial charge in [-0.3, -0.25) is 4.79 Å². The summed E-state index contributed by atoms with van der Waals surface area (Å²) in [4.78, 5) is 12.4. The lowest BCUT2D eigenvalue weighted by Gasteiger charge is -2.11. The minimum atomic E-state index is -4.62. The van der Waals surface area contributed by atoms with E-state index >= 15 is 0 Å². The Morgan fingerprint density at radius 3 is 2.44 bits per heavy atom. The molecule has 1 amide bonds. The molecule has 8 heteroatoms. The van der Waals surface area contributed by atoms with E-state index in [9.17, 15) is 18.0 Å². The van der Waals surface area contributed by atoms with Crippen LogP contribution in [0.25, 0.3) is 5.69 Å². The first-order chi connectivity index (χ1) is 12.8. The van der Waals surface area contributed by atoms with Crippen LogP contribution in [-0.4, -0.2) is 15.7 Å². The first kappa shape index (κ1) is 19.0. The number of alkyl halides is 3. The van der Waals surface area contributed by atoms with Gasteiger partial charge in [0.05, 0.1) is 16.8 Å². The van der Waals surface area contributed by atoms with Crippen LogP contribution < -0.4 is 5.32 Å². The molecule has 0 spiro atoms. The molecule has 140 valence electrons. The molecule has 0 saturated carbocycles. The summed E-state index contributed by atoms with van der Waals surface area (Å²) in [5.41, 5.74) is 0.0728. The molecule has 3 rings (SSSR count). The fourth-order valence-electron chi connectivity index (χ4n) is 2.65. The predicted octanol–water partition coefficient (Wildman–Crippen LogP) is 5.36. The fourth-order valence-corrected chi connectivity index (χ4v) is 2.78. The molecule has 0 atom stereocenters. The molecule has 1 aromatic heterocycles. The molecule has 4 nitrogen and oxygen atoms in total. The van der Waals surface area contributed by atoms with Crippen molar-refractivity contribution in [3.05, 3.63) is 76.4 Å². The lowest BCUT2D eigenvalue weighted by molar-refractivity contribution is -0.137. The van der Waals surface area contributed by atoms with Gasteiger partial charge < -0.3 is 5.32 Å². The molecule has 27 heavy (non-hydrogen) atoms. The minimum Gasteiger partial charge on any atom is -0.305 e. The third kappa shape index (κ3) is 4.14. The molecule has 1 N–H and O–H groups in total. The van der Waals surface area contributed by atoms with Gasteiger partial charge in [0.1, 0.15) is 0 Å². The van der Waals surface area contributed by atoms with Crippen LogP contribution in [0.3, 0.4) is 0 Å². The number of hydrogen-bond acceptors (Lipinski definition) is 2. The number of nitrogens with one attached hydrogen (secondary N) is 1. The third-order valence-electron chi connectivity index (χ3n) is 3.94. The average molecular weight is 394 g/mol. The predicted molar refractivity (Wildman–Crippen MR) is 97.3 cm³/mol. The van der Waals surface area contributed by atoms with E-state index in [2.05, 4.69) is 10.4 Å². The molecule has 2 aromatic carbocycles. The van der Waals surface area contributed by atoms with E-state index in [0.717, 1.165) is 23.5 Å². The summed E-state index contributed by atoms with van der Waals surface area (Å²) in [7, 11) is 0. The van der Waals surface area contributed by atoms with Crippen LogP contribution in [-0.2, 0) is 12.6 Å². The second-order valence-electron chi connectivity index (χ2n) is 5.76. The number of benzene rings is 2. The van der Waals surface area contributed by atoms with E-state index in [1.165, 1.54) is 12.1 Å². The van der Waals surface area contributed by atoms with E-state index in [0.29, 0.717) is 11.4 Å². The van der Waals surface area contributed by atoms with Gasteiger partial charge in [0.15, 0.2) is 5.82 Å². The Hall–Kier alpha value is -2.80. The number of nitrogens with zero attached hydrogens (tertiary/aromatic N) is 2. The fraction of sp³-hybridized carbons (Fsp3) is 0.158. The second-order valence-corrected chi connectivity index (χ2v) is 6.20. The van der Waals surface area contributed by atoms with Crippen molar-refractivity contribution in [2.24, 2.45) is 0 Å². The zero-order chi connectivity index (χ0) is 19.6. The quantitative estimate of drug-likeness (QED) is 0.648. The first-order valence-electron chi connectivity index (χ1n) is 8.12. The van der Waals surface area contributed by atoms with Crippen molar-refractivity contribution >= 4 is 23.3 Å². The number of aromatic nitrogens is 2. The van der Waals surface area contributed by atoms with Crippen LogP contribution >= 0.6 is 11.6 Å². The molecule has 0 aliphatic carbocycles. The number of halogens is 4. The van der Waals surface area contributed by atoms with E-state index in [1.807, 2.05) is 6.92 Å². The molecular formula is C19H15ClF3N3O. The van der Waals surface area contributed by atoms with Gasteiger partial charge in [-0.15, -0.1) is 5.10 Å².